The number of aromatic nitrogens is 1. The van der Waals surface area contributed by atoms with Gasteiger partial charge in [0, 0.05) is 0 Å². The molecule has 5 nitrogen and oxygen atoms in total. The molecule has 0 amide bonds. The van der Waals surface area contributed by atoms with Gasteiger partial charge in [0.1, 0.15) is 11.2 Å². The molecule has 1 aromatic heterocycles. The monoisotopic (exact) mass is 176 g/mol. The van der Waals surface area contributed by atoms with E-state index in [-0.39, 0.29) is 0 Å². The lowest BCUT2D eigenvalue weighted by molar-refractivity contribution is 0.555. The first-order chi connectivity index (χ1) is 6.31. The molecule has 13 heavy (non-hydrogen) atoms. The Bertz CT molecular complexity index is 546. The van der Waals surface area contributed by atoms with Gasteiger partial charge in [-0.15, -0.1) is 0 Å². The first-order valence-electron chi connectivity index (χ1n) is 3.51. The summed E-state index contributed by atoms with van der Waals surface area (Å²) in [6, 6.07) is 4.82. The van der Waals surface area contributed by atoms with Crippen molar-refractivity contribution in [2.45, 2.75) is 0 Å². The van der Waals surface area contributed by atoms with Crippen molar-refractivity contribution in [2.75, 3.05) is 0 Å². The number of oxazole rings is 1. The first-order valence-corrected chi connectivity index (χ1v) is 3.51. The van der Waals surface area contributed by atoms with Crippen molar-refractivity contribution in [1.82, 2.24) is 4.98 Å². The molecular formula is C8H4N2O3. The van der Waals surface area contributed by atoms with Crippen molar-refractivity contribution < 1.29 is 9.21 Å². The SMILES string of the molecule is O=C=Nc1cccc2oc(=O)[nH]c12. The zero-order valence-corrected chi connectivity index (χ0v) is 6.40. The highest BCUT2D eigenvalue weighted by molar-refractivity contribution is 5.85. The molecule has 0 saturated carbocycles. The fourth-order valence-electron chi connectivity index (χ4n) is 1.10. The van der Waals surface area contributed by atoms with Crippen LogP contribution in [-0.4, -0.2) is 11.1 Å². The molecule has 0 saturated heterocycles. The van der Waals surface area contributed by atoms with E-state index in [1.54, 1.807) is 18.2 Å². The molecule has 0 unspecified atom stereocenters. The van der Waals surface area contributed by atoms with Crippen molar-refractivity contribution in [2.24, 2.45) is 4.99 Å². The van der Waals surface area contributed by atoms with Crippen molar-refractivity contribution in [1.29, 1.82) is 0 Å². The zero-order chi connectivity index (χ0) is 9.26. The second kappa shape index (κ2) is 2.73. The maximum atomic E-state index is 10.8. The van der Waals surface area contributed by atoms with Crippen LogP contribution in [0.5, 0.6) is 0 Å². The van der Waals surface area contributed by atoms with Gasteiger partial charge in [-0.3, -0.25) is 4.98 Å². The van der Waals surface area contributed by atoms with E-state index in [9.17, 15) is 9.59 Å². The summed E-state index contributed by atoms with van der Waals surface area (Å²) in [6.07, 6.45) is 1.40. The minimum atomic E-state index is -0.566. The van der Waals surface area contributed by atoms with Crippen molar-refractivity contribution in [3.8, 4) is 0 Å². The molecule has 0 radical (unpaired) electrons. The minimum Gasteiger partial charge on any atom is -0.408 e. The summed E-state index contributed by atoms with van der Waals surface area (Å²) in [4.78, 5) is 26.6. The molecule has 2 rings (SSSR count). The van der Waals surface area contributed by atoms with E-state index in [0.29, 0.717) is 16.8 Å². The Labute approximate surface area is 71.7 Å². The number of hydrogen-bond donors (Lipinski definition) is 1. The normalized spacial score (nSPS) is 9.85. The lowest BCUT2D eigenvalue weighted by Gasteiger charge is -1.89. The van der Waals surface area contributed by atoms with Gasteiger partial charge < -0.3 is 4.42 Å². The maximum absolute atomic E-state index is 10.8. The number of benzene rings is 1. The molecular weight excluding hydrogens is 172 g/mol. The number of fused-ring (bicyclic) bond motifs is 1. The van der Waals surface area contributed by atoms with Crippen LogP contribution in [0.15, 0.2) is 32.4 Å². The Morgan fingerprint density at radius 2 is 2.31 bits per heavy atom. The highest BCUT2D eigenvalue weighted by Crippen LogP contribution is 2.21. The topological polar surface area (TPSA) is 75.4 Å². The van der Waals surface area contributed by atoms with Gasteiger partial charge in [-0.2, -0.15) is 4.99 Å². The number of aliphatic imine (C=N–C) groups is 1. The van der Waals surface area contributed by atoms with Crippen LogP contribution < -0.4 is 5.76 Å². The Hall–Kier alpha value is -2.13. The van der Waals surface area contributed by atoms with Crippen LogP contribution in [-0.2, 0) is 4.79 Å². The van der Waals surface area contributed by atoms with Gasteiger partial charge in [0.05, 0.1) is 0 Å². The molecule has 0 aliphatic heterocycles. The molecule has 5 heteroatoms. The average molecular weight is 176 g/mol. The molecule has 0 fully saturated rings. The first kappa shape index (κ1) is 7.52. The summed E-state index contributed by atoms with van der Waals surface area (Å²) < 4.78 is 4.75. The predicted molar refractivity (Wildman–Crippen MR) is 44.6 cm³/mol. The summed E-state index contributed by atoms with van der Waals surface area (Å²) in [5, 5.41) is 0. The van der Waals surface area contributed by atoms with Gasteiger partial charge in [0.15, 0.2) is 5.58 Å². The molecule has 0 aliphatic rings. The highest BCUT2D eigenvalue weighted by atomic mass is 16.4. The van der Waals surface area contributed by atoms with Crippen LogP contribution in [0.2, 0.25) is 0 Å². The fourth-order valence-corrected chi connectivity index (χ4v) is 1.10. The van der Waals surface area contributed by atoms with Crippen LogP contribution >= 0.6 is 0 Å². The molecule has 0 bridgehead atoms. The Morgan fingerprint density at radius 3 is 3.08 bits per heavy atom. The van der Waals surface area contributed by atoms with E-state index in [1.807, 2.05) is 0 Å². The van der Waals surface area contributed by atoms with Gasteiger partial charge >= 0.3 is 5.76 Å². The second-order valence-corrected chi connectivity index (χ2v) is 2.37. The standard InChI is InChI=1S/C8H4N2O3/c11-4-9-5-2-1-3-6-7(5)10-8(12)13-6/h1-3H,(H,10,12). The van der Waals surface area contributed by atoms with Crippen LogP contribution in [0.25, 0.3) is 11.1 Å². The minimum absolute atomic E-state index is 0.346. The quantitative estimate of drug-likeness (QED) is 0.521. The van der Waals surface area contributed by atoms with E-state index < -0.39 is 5.76 Å². The Kier molecular flexibility index (Phi) is 1.58. The number of isocyanates is 1. The summed E-state index contributed by atoms with van der Waals surface area (Å²) in [7, 11) is 0. The third kappa shape index (κ3) is 1.17. The molecule has 0 atom stereocenters. The fraction of sp³-hybridized carbons (Fsp3) is 0. The van der Waals surface area contributed by atoms with Gasteiger partial charge in [-0.1, -0.05) is 6.07 Å². The Balaban J connectivity index is 2.89. The third-order valence-corrected chi connectivity index (χ3v) is 1.60. The molecule has 64 valence electrons. The number of aromatic amines is 1. The van der Waals surface area contributed by atoms with Crippen LogP contribution in [0, 0.1) is 0 Å². The maximum Gasteiger partial charge on any atom is 0.417 e. The van der Waals surface area contributed by atoms with Crippen LogP contribution in [0.3, 0.4) is 0 Å². The lowest BCUT2D eigenvalue weighted by atomic mass is 10.3. The molecule has 2 aromatic rings. The van der Waals surface area contributed by atoms with E-state index in [2.05, 4.69) is 9.98 Å². The zero-order valence-electron chi connectivity index (χ0n) is 6.40. The number of rotatable bonds is 1. The van der Waals surface area contributed by atoms with Crippen LogP contribution in [0.1, 0.15) is 0 Å². The summed E-state index contributed by atoms with van der Waals surface area (Å²) in [5.74, 6) is -0.566. The Morgan fingerprint density at radius 1 is 1.46 bits per heavy atom. The smallest absolute Gasteiger partial charge is 0.408 e. The van der Waals surface area contributed by atoms with Crippen molar-refractivity contribution in [3.63, 3.8) is 0 Å². The molecule has 1 heterocycles. The second-order valence-electron chi connectivity index (χ2n) is 2.37. The van der Waals surface area contributed by atoms with E-state index in [4.69, 9.17) is 4.42 Å². The summed E-state index contributed by atoms with van der Waals surface area (Å²) in [6.45, 7) is 0. The number of nitrogens with zero attached hydrogens (tertiary/aromatic N) is 1. The highest BCUT2D eigenvalue weighted by Gasteiger charge is 2.04. The molecule has 1 aromatic carbocycles. The number of para-hydroxylation sites is 1. The van der Waals surface area contributed by atoms with Gasteiger partial charge in [0.2, 0.25) is 6.08 Å². The lowest BCUT2D eigenvalue weighted by Crippen LogP contribution is -1.92. The number of hydrogen-bond acceptors (Lipinski definition) is 4. The van der Waals surface area contributed by atoms with E-state index in [0.717, 1.165) is 0 Å². The number of nitrogens with one attached hydrogen (secondary N) is 1. The number of carbonyl (C=O) groups excluding carboxylic acids is 1. The van der Waals surface area contributed by atoms with E-state index >= 15 is 0 Å². The van der Waals surface area contributed by atoms with Crippen molar-refractivity contribution >= 4 is 22.9 Å². The largest absolute Gasteiger partial charge is 0.417 e. The molecule has 1 N–H and O–H groups in total. The van der Waals surface area contributed by atoms with Gasteiger partial charge in [0.25, 0.3) is 0 Å². The summed E-state index contributed by atoms with van der Waals surface area (Å²) >= 11 is 0. The predicted octanol–water partition coefficient (Wildman–Crippen LogP) is 1.09. The number of H-pyrrole nitrogens is 1. The van der Waals surface area contributed by atoms with Crippen molar-refractivity contribution in [3.05, 3.63) is 28.7 Å². The van der Waals surface area contributed by atoms with E-state index in [1.165, 1.54) is 6.08 Å². The summed E-state index contributed by atoms with van der Waals surface area (Å²) in [5.41, 5.74) is 1.13. The van der Waals surface area contributed by atoms with Gasteiger partial charge in [-0.25, -0.2) is 9.59 Å². The molecule has 0 aliphatic carbocycles. The third-order valence-electron chi connectivity index (χ3n) is 1.60. The molecule has 0 spiro atoms. The van der Waals surface area contributed by atoms with Crippen LogP contribution in [0.4, 0.5) is 5.69 Å². The average Bonchev–Trinajstić information content (AvgIpc) is 2.47. The van der Waals surface area contributed by atoms with Gasteiger partial charge in [-0.05, 0) is 12.1 Å².